The summed E-state index contributed by atoms with van der Waals surface area (Å²) in [4.78, 5) is 0. The SMILES string of the molecule is C=C(C(=N)Cl)c1ccccc1. The van der Waals surface area contributed by atoms with Crippen LogP contribution in [0.3, 0.4) is 0 Å². The monoisotopic (exact) mass is 165 g/mol. The molecule has 0 aliphatic carbocycles. The number of allylic oxidation sites excluding steroid dienone is 1. The van der Waals surface area contributed by atoms with Gasteiger partial charge in [0.1, 0.15) is 5.17 Å². The fraction of sp³-hybridized carbons (Fsp3) is 0. The van der Waals surface area contributed by atoms with E-state index < -0.39 is 0 Å². The molecule has 0 aromatic heterocycles. The third kappa shape index (κ3) is 1.92. The molecule has 1 rings (SSSR count). The molecule has 2 heteroatoms. The van der Waals surface area contributed by atoms with Crippen LogP contribution in [0.15, 0.2) is 36.9 Å². The molecule has 0 saturated heterocycles. The van der Waals surface area contributed by atoms with Gasteiger partial charge in [-0.1, -0.05) is 48.5 Å². The van der Waals surface area contributed by atoms with Crippen molar-refractivity contribution in [3.8, 4) is 0 Å². The standard InChI is InChI=1S/C9H8ClN/c1-7(9(10)11)8-5-3-2-4-6-8/h2-6,11H,1H2. The molecule has 0 fully saturated rings. The molecule has 56 valence electrons. The largest absolute Gasteiger partial charge is 0.289 e. The maximum Gasteiger partial charge on any atom is 0.128 e. The van der Waals surface area contributed by atoms with Crippen molar-refractivity contribution in [3.63, 3.8) is 0 Å². The molecular weight excluding hydrogens is 158 g/mol. The van der Waals surface area contributed by atoms with Crippen LogP contribution < -0.4 is 0 Å². The van der Waals surface area contributed by atoms with Gasteiger partial charge in [0.15, 0.2) is 0 Å². The van der Waals surface area contributed by atoms with Gasteiger partial charge in [-0.3, -0.25) is 5.41 Å². The first kappa shape index (κ1) is 8.02. The molecule has 1 aromatic carbocycles. The summed E-state index contributed by atoms with van der Waals surface area (Å²) in [6.07, 6.45) is 0. The van der Waals surface area contributed by atoms with Crippen LogP contribution in [-0.2, 0) is 0 Å². The Morgan fingerprint density at radius 3 is 2.27 bits per heavy atom. The smallest absolute Gasteiger partial charge is 0.128 e. The van der Waals surface area contributed by atoms with Crippen molar-refractivity contribution in [2.45, 2.75) is 0 Å². The van der Waals surface area contributed by atoms with E-state index >= 15 is 0 Å². The van der Waals surface area contributed by atoms with E-state index in [1.165, 1.54) is 0 Å². The molecule has 1 N–H and O–H groups in total. The van der Waals surface area contributed by atoms with Crippen molar-refractivity contribution in [2.75, 3.05) is 0 Å². The minimum Gasteiger partial charge on any atom is -0.289 e. The molecule has 1 aromatic rings. The van der Waals surface area contributed by atoms with E-state index in [4.69, 9.17) is 17.0 Å². The van der Waals surface area contributed by atoms with Crippen molar-refractivity contribution < 1.29 is 0 Å². The van der Waals surface area contributed by atoms with Gasteiger partial charge in [0, 0.05) is 5.57 Å². The molecule has 0 atom stereocenters. The first-order valence-corrected chi connectivity index (χ1v) is 3.58. The Bertz CT molecular complexity index is 277. The highest BCUT2D eigenvalue weighted by Gasteiger charge is 1.99. The first-order valence-electron chi connectivity index (χ1n) is 3.20. The van der Waals surface area contributed by atoms with Crippen LogP contribution in [0.2, 0.25) is 0 Å². The van der Waals surface area contributed by atoms with E-state index in [1.54, 1.807) is 0 Å². The zero-order chi connectivity index (χ0) is 8.27. The van der Waals surface area contributed by atoms with Crippen LogP contribution in [-0.4, -0.2) is 5.17 Å². The zero-order valence-corrected chi connectivity index (χ0v) is 6.73. The van der Waals surface area contributed by atoms with Crippen molar-refractivity contribution in [2.24, 2.45) is 0 Å². The second kappa shape index (κ2) is 3.35. The molecule has 0 aliphatic rings. The quantitative estimate of drug-likeness (QED) is 0.652. The highest BCUT2D eigenvalue weighted by molar-refractivity contribution is 6.75. The lowest BCUT2D eigenvalue weighted by molar-refractivity contribution is 1.55. The Balaban J connectivity index is 2.95. The Labute approximate surface area is 70.8 Å². The van der Waals surface area contributed by atoms with Crippen LogP contribution >= 0.6 is 11.6 Å². The summed E-state index contributed by atoms with van der Waals surface area (Å²) < 4.78 is 0. The molecule has 0 aliphatic heterocycles. The lowest BCUT2D eigenvalue weighted by atomic mass is 10.1. The predicted octanol–water partition coefficient (Wildman–Crippen LogP) is 2.92. The normalized spacial score (nSPS) is 9.18. The molecule has 0 unspecified atom stereocenters. The average Bonchev–Trinajstić information content (AvgIpc) is 2.05. The molecule has 1 nitrogen and oxygen atoms in total. The van der Waals surface area contributed by atoms with E-state index in [-0.39, 0.29) is 5.17 Å². The summed E-state index contributed by atoms with van der Waals surface area (Å²) in [7, 11) is 0. The minimum absolute atomic E-state index is 0.00352. The topological polar surface area (TPSA) is 23.9 Å². The van der Waals surface area contributed by atoms with Crippen LogP contribution in [0.5, 0.6) is 0 Å². The van der Waals surface area contributed by atoms with E-state index in [0.717, 1.165) is 5.56 Å². The van der Waals surface area contributed by atoms with Gasteiger partial charge in [-0.05, 0) is 5.56 Å². The zero-order valence-electron chi connectivity index (χ0n) is 5.97. The molecule has 0 heterocycles. The summed E-state index contributed by atoms with van der Waals surface area (Å²) in [5.41, 5.74) is 1.46. The number of benzene rings is 1. The molecule has 0 amide bonds. The molecule has 0 bridgehead atoms. The Morgan fingerprint density at radius 1 is 1.27 bits per heavy atom. The highest BCUT2D eigenvalue weighted by Crippen LogP contribution is 2.13. The van der Waals surface area contributed by atoms with Gasteiger partial charge < -0.3 is 0 Å². The van der Waals surface area contributed by atoms with Crippen molar-refractivity contribution in [1.82, 2.24) is 0 Å². The average molecular weight is 166 g/mol. The van der Waals surface area contributed by atoms with Gasteiger partial charge in [-0.2, -0.15) is 0 Å². The third-order valence-electron chi connectivity index (χ3n) is 1.39. The number of halogens is 1. The van der Waals surface area contributed by atoms with Crippen LogP contribution in [0.25, 0.3) is 5.57 Å². The Kier molecular flexibility index (Phi) is 2.44. The number of rotatable bonds is 2. The third-order valence-corrected chi connectivity index (χ3v) is 1.62. The fourth-order valence-corrected chi connectivity index (χ4v) is 0.875. The summed E-state index contributed by atoms with van der Waals surface area (Å²) in [6.45, 7) is 3.67. The van der Waals surface area contributed by atoms with E-state index in [9.17, 15) is 0 Å². The van der Waals surface area contributed by atoms with E-state index in [0.29, 0.717) is 5.57 Å². The predicted molar refractivity (Wildman–Crippen MR) is 49.1 cm³/mol. The van der Waals surface area contributed by atoms with Gasteiger partial charge in [-0.15, -0.1) is 0 Å². The van der Waals surface area contributed by atoms with Crippen LogP contribution in [0.4, 0.5) is 0 Å². The molecule has 0 radical (unpaired) electrons. The lowest BCUT2D eigenvalue weighted by Crippen LogP contribution is -1.88. The molecule has 0 spiro atoms. The second-order valence-electron chi connectivity index (χ2n) is 2.16. The fourth-order valence-electron chi connectivity index (χ4n) is 0.766. The second-order valence-corrected chi connectivity index (χ2v) is 2.54. The maximum absolute atomic E-state index is 7.10. The first-order chi connectivity index (χ1) is 5.22. The Hall–Kier alpha value is -1.08. The summed E-state index contributed by atoms with van der Waals surface area (Å²) >= 11 is 5.45. The van der Waals surface area contributed by atoms with Gasteiger partial charge in [0.05, 0.1) is 0 Å². The van der Waals surface area contributed by atoms with Gasteiger partial charge >= 0.3 is 0 Å². The molecular formula is C9H8ClN. The van der Waals surface area contributed by atoms with Gasteiger partial charge in [0.25, 0.3) is 0 Å². The summed E-state index contributed by atoms with van der Waals surface area (Å²) in [6, 6.07) is 9.44. The number of nitrogens with one attached hydrogen (secondary N) is 1. The molecule has 11 heavy (non-hydrogen) atoms. The Morgan fingerprint density at radius 2 is 1.82 bits per heavy atom. The maximum atomic E-state index is 7.10. The summed E-state index contributed by atoms with van der Waals surface area (Å²) in [5, 5.41) is 7.10. The van der Waals surface area contributed by atoms with Gasteiger partial charge in [0.2, 0.25) is 0 Å². The van der Waals surface area contributed by atoms with Crippen molar-refractivity contribution in [1.29, 1.82) is 5.41 Å². The molecule has 0 saturated carbocycles. The lowest BCUT2D eigenvalue weighted by Gasteiger charge is -1.99. The summed E-state index contributed by atoms with van der Waals surface area (Å²) in [5.74, 6) is 0. The number of hydrogen-bond acceptors (Lipinski definition) is 1. The van der Waals surface area contributed by atoms with Crippen molar-refractivity contribution in [3.05, 3.63) is 42.5 Å². The van der Waals surface area contributed by atoms with E-state index in [2.05, 4.69) is 6.58 Å². The highest BCUT2D eigenvalue weighted by atomic mass is 35.5. The van der Waals surface area contributed by atoms with Crippen LogP contribution in [0.1, 0.15) is 5.56 Å². The van der Waals surface area contributed by atoms with Gasteiger partial charge in [-0.25, -0.2) is 0 Å². The van der Waals surface area contributed by atoms with E-state index in [1.807, 2.05) is 30.3 Å². The van der Waals surface area contributed by atoms with Crippen LogP contribution in [0, 0.1) is 5.41 Å². The number of hydrogen-bond donors (Lipinski definition) is 1. The van der Waals surface area contributed by atoms with Crippen molar-refractivity contribution >= 4 is 22.3 Å². The minimum atomic E-state index is -0.00352.